The van der Waals surface area contributed by atoms with E-state index in [-0.39, 0.29) is 43.3 Å². The lowest BCUT2D eigenvalue weighted by molar-refractivity contribution is 0.0978. The molecule has 1 unspecified atom stereocenters. The number of nitrogens with one attached hydrogen (secondary N) is 3. The number of nitrogen functional groups attached to an aromatic ring is 1. The molecule has 6 aromatic rings. The van der Waals surface area contributed by atoms with Crippen LogP contribution in [0.4, 0.5) is 11.4 Å². The van der Waals surface area contributed by atoms with E-state index in [1.165, 1.54) is 0 Å². The van der Waals surface area contributed by atoms with Crippen LogP contribution in [-0.4, -0.2) is 44.2 Å². The van der Waals surface area contributed by atoms with E-state index < -0.39 is 0 Å². The molecule has 0 aliphatic carbocycles. The number of aromatic amines is 3. The Morgan fingerprint density at radius 3 is 2.51 bits per heavy atom. The summed E-state index contributed by atoms with van der Waals surface area (Å²) in [5.41, 5.74) is 13.3. The fourth-order valence-corrected chi connectivity index (χ4v) is 6.23. The van der Waals surface area contributed by atoms with Crippen LogP contribution < -0.4 is 10.6 Å². The highest BCUT2D eigenvalue weighted by molar-refractivity contribution is 7.59. The highest BCUT2D eigenvalue weighted by atomic mass is 35.5. The van der Waals surface area contributed by atoms with Crippen molar-refractivity contribution in [3.05, 3.63) is 88.9 Å². The molecule has 0 fully saturated rings. The number of nitrogens with two attached hydrogens (primary N) is 1. The summed E-state index contributed by atoms with van der Waals surface area (Å²) in [6.45, 7) is 2.40. The number of phenolic OH excluding ortho intramolecular Hbond substituents is 1. The molecule has 0 saturated carbocycles. The number of aromatic nitrogens is 3. The monoisotopic (exact) mass is 585 g/mol. The van der Waals surface area contributed by atoms with Crippen LogP contribution in [0.25, 0.3) is 32.7 Å². The first-order valence-corrected chi connectivity index (χ1v) is 13.6. The van der Waals surface area contributed by atoms with Crippen LogP contribution in [0.2, 0.25) is 0 Å². The first-order chi connectivity index (χ1) is 19.3. The summed E-state index contributed by atoms with van der Waals surface area (Å²) >= 11 is 6.35. The number of amides is 1. The number of anilines is 2. The van der Waals surface area contributed by atoms with E-state index in [1.807, 2.05) is 55.6 Å². The summed E-state index contributed by atoms with van der Waals surface area (Å²) in [5.74, 6) is 0.162. The number of aryl methyl sites for hydroxylation is 1. The highest BCUT2D eigenvalue weighted by Gasteiger charge is 2.36. The third kappa shape index (κ3) is 4.32. The Bertz CT molecular complexity index is 2010. The number of hydrogen-bond acceptors (Lipinski definition) is 4. The fourth-order valence-electron chi connectivity index (χ4n) is 5.98. The maximum atomic E-state index is 13.8. The normalized spacial score (nSPS) is 14.6. The van der Waals surface area contributed by atoms with Crippen molar-refractivity contribution in [2.45, 2.75) is 19.3 Å². The minimum absolute atomic E-state index is 0. The maximum Gasteiger partial charge on any atom is 0.274 e. The Balaban J connectivity index is 0.00000302. The van der Waals surface area contributed by atoms with Crippen molar-refractivity contribution in [1.29, 1.82) is 0 Å². The molecule has 0 saturated heterocycles. The second-order valence-electron chi connectivity index (χ2n) is 10.6. The summed E-state index contributed by atoms with van der Waals surface area (Å²) in [7, 11) is 0. The van der Waals surface area contributed by atoms with Crippen molar-refractivity contribution >= 4 is 80.9 Å². The number of ketones is 1. The van der Waals surface area contributed by atoms with Crippen LogP contribution in [0.1, 0.15) is 43.6 Å². The Hall–Kier alpha value is -4.34. The third-order valence-electron chi connectivity index (χ3n) is 7.91. The fraction of sp³-hybridized carbons (Fsp3) is 0.161. The standard InChI is InChI=1S/C31H26ClN5O3.H2S/c1-15-13-34-30-27(39)11-25-29(28(15)30)19(12-32)14-37(25)31(40)24-10-17-6-16(2-4-21(17)36-24)7-26(38)23-9-18-8-20(33)3-5-22(18)35-23;/h2-6,8-11,13,19,34-36,39H,7,12,14,33H2,1H3;1H2. The molecule has 3 aromatic heterocycles. The summed E-state index contributed by atoms with van der Waals surface area (Å²) in [5, 5.41) is 13.3. The molecule has 7 rings (SSSR count). The van der Waals surface area contributed by atoms with Crippen molar-refractivity contribution in [3.8, 4) is 5.75 Å². The Kier molecular flexibility index (Phi) is 6.51. The molecule has 1 amide bonds. The molecule has 4 heterocycles. The maximum absolute atomic E-state index is 13.8. The number of phenols is 1. The number of hydrogen-bond donors (Lipinski definition) is 5. The van der Waals surface area contributed by atoms with Gasteiger partial charge >= 0.3 is 0 Å². The van der Waals surface area contributed by atoms with Crippen molar-refractivity contribution < 1.29 is 14.7 Å². The van der Waals surface area contributed by atoms with Crippen molar-refractivity contribution in [2.24, 2.45) is 0 Å². The summed E-state index contributed by atoms with van der Waals surface area (Å²) in [6, 6.07) is 16.5. The van der Waals surface area contributed by atoms with E-state index in [9.17, 15) is 14.7 Å². The number of benzene rings is 3. The summed E-state index contributed by atoms with van der Waals surface area (Å²) in [6.07, 6.45) is 2.07. The van der Waals surface area contributed by atoms with Gasteiger partial charge in [0, 0.05) is 69.9 Å². The van der Waals surface area contributed by atoms with E-state index in [0.29, 0.717) is 40.7 Å². The molecule has 0 spiro atoms. The molecule has 41 heavy (non-hydrogen) atoms. The van der Waals surface area contributed by atoms with E-state index in [0.717, 1.165) is 43.9 Å². The molecular formula is C31H28ClN5O3S. The molecule has 0 bridgehead atoms. The average Bonchev–Trinajstić information content (AvgIpc) is 3.71. The molecule has 8 nitrogen and oxygen atoms in total. The number of carbonyl (C=O) groups is 2. The molecule has 10 heteroatoms. The average molecular weight is 586 g/mol. The lowest BCUT2D eigenvalue weighted by Crippen LogP contribution is -2.30. The van der Waals surface area contributed by atoms with E-state index in [2.05, 4.69) is 15.0 Å². The van der Waals surface area contributed by atoms with E-state index >= 15 is 0 Å². The van der Waals surface area contributed by atoms with Crippen LogP contribution in [0.3, 0.4) is 0 Å². The molecule has 6 N–H and O–H groups in total. The third-order valence-corrected chi connectivity index (χ3v) is 8.28. The van der Waals surface area contributed by atoms with Gasteiger partial charge in [0.2, 0.25) is 0 Å². The molecule has 1 atom stereocenters. The zero-order valence-electron chi connectivity index (χ0n) is 22.1. The predicted octanol–water partition coefficient (Wildman–Crippen LogP) is 6.25. The Morgan fingerprint density at radius 1 is 1.02 bits per heavy atom. The van der Waals surface area contributed by atoms with Crippen LogP contribution in [-0.2, 0) is 6.42 Å². The first-order valence-electron chi connectivity index (χ1n) is 13.0. The van der Waals surface area contributed by atoms with Gasteiger partial charge in [0.25, 0.3) is 5.91 Å². The topological polar surface area (TPSA) is 131 Å². The van der Waals surface area contributed by atoms with Crippen LogP contribution in [0.15, 0.2) is 60.8 Å². The Labute approximate surface area is 246 Å². The van der Waals surface area contributed by atoms with Gasteiger partial charge in [-0.1, -0.05) is 6.07 Å². The van der Waals surface area contributed by atoms with E-state index in [4.69, 9.17) is 17.3 Å². The number of nitrogens with zero attached hydrogens (tertiary/aromatic N) is 1. The molecule has 208 valence electrons. The van der Waals surface area contributed by atoms with Crippen LogP contribution in [0.5, 0.6) is 5.75 Å². The van der Waals surface area contributed by atoms with Gasteiger partial charge in [0.1, 0.15) is 11.4 Å². The van der Waals surface area contributed by atoms with Gasteiger partial charge in [-0.05, 0) is 66.1 Å². The van der Waals surface area contributed by atoms with Crippen LogP contribution in [0, 0.1) is 6.92 Å². The lowest BCUT2D eigenvalue weighted by Gasteiger charge is -2.17. The van der Waals surface area contributed by atoms with Gasteiger partial charge in [-0.25, -0.2) is 0 Å². The zero-order chi connectivity index (χ0) is 27.7. The molecular weight excluding hydrogens is 558 g/mol. The van der Waals surface area contributed by atoms with Crippen molar-refractivity contribution in [1.82, 2.24) is 15.0 Å². The van der Waals surface area contributed by atoms with Crippen molar-refractivity contribution in [3.63, 3.8) is 0 Å². The zero-order valence-corrected chi connectivity index (χ0v) is 23.9. The van der Waals surface area contributed by atoms with E-state index in [1.54, 1.807) is 17.0 Å². The number of H-pyrrole nitrogens is 3. The van der Waals surface area contributed by atoms with Gasteiger partial charge in [-0.3, -0.25) is 9.59 Å². The SMILES string of the molecule is Cc1c[nH]c2c(O)cc3c(c12)C(CCl)CN3C(=O)c1cc2cc(CC(=O)c3cc4cc(N)ccc4[nH]3)ccc2[nH]1.S. The van der Waals surface area contributed by atoms with Crippen LogP contribution >= 0.6 is 25.1 Å². The van der Waals surface area contributed by atoms with Crippen molar-refractivity contribution in [2.75, 3.05) is 23.1 Å². The number of Topliss-reactive ketones (excluding diaryl/α,β-unsaturated/α-hetero) is 1. The largest absolute Gasteiger partial charge is 0.506 e. The second-order valence-corrected chi connectivity index (χ2v) is 10.9. The first kappa shape index (κ1) is 26.9. The minimum atomic E-state index is -0.202. The predicted molar refractivity (Wildman–Crippen MR) is 169 cm³/mol. The van der Waals surface area contributed by atoms with Gasteiger partial charge in [-0.15, -0.1) is 11.6 Å². The number of rotatable bonds is 5. The number of carbonyl (C=O) groups excluding carboxylic acids is 2. The van der Waals surface area contributed by atoms with Gasteiger partial charge in [0.15, 0.2) is 5.78 Å². The number of aromatic hydroxyl groups is 1. The summed E-state index contributed by atoms with van der Waals surface area (Å²) in [4.78, 5) is 38.0. The molecule has 1 aliphatic rings. The number of halogens is 1. The van der Waals surface area contributed by atoms with Gasteiger partial charge < -0.3 is 30.7 Å². The quantitative estimate of drug-likeness (QED) is 0.0929. The Morgan fingerprint density at radius 2 is 1.73 bits per heavy atom. The lowest BCUT2D eigenvalue weighted by atomic mass is 9.97. The minimum Gasteiger partial charge on any atom is -0.506 e. The summed E-state index contributed by atoms with van der Waals surface area (Å²) < 4.78 is 0. The molecule has 3 aromatic carbocycles. The molecule has 0 radical (unpaired) electrons. The van der Waals surface area contributed by atoms with Gasteiger partial charge in [-0.2, -0.15) is 13.5 Å². The second kappa shape index (κ2) is 9.94. The number of fused-ring (bicyclic) bond motifs is 5. The molecule has 1 aliphatic heterocycles. The number of alkyl halides is 1. The highest BCUT2D eigenvalue weighted by Crippen LogP contribution is 2.46. The smallest absolute Gasteiger partial charge is 0.274 e. The van der Waals surface area contributed by atoms with Gasteiger partial charge in [0.05, 0.1) is 16.9 Å².